The van der Waals surface area contributed by atoms with E-state index in [1.54, 1.807) is 55.6 Å². The zero-order valence-corrected chi connectivity index (χ0v) is 14.9. The summed E-state index contributed by atoms with van der Waals surface area (Å²) in [6, 6.07) is 13.1. The molecule has 6 heteroatoms. The fourth-order valence-electron chi connectivity index (χ4n) is 2.03. The van der Waals surface area contributed by atoms with Gasteiger partial charge in [0.2, 0.25) is 0 Å². The van der Waals surface area contributed by atoms with E-state index in [2.05, 4.69) is 0 Å². The molecule has 0 aliphatic rings. The van der Waals surface area contributed by atoms with Crippen LogP contribution < -0.4 is 14.2 Å². The van der Waals surface area contributed by atoms with Gasteiger partial charge in [-0.2, -0.15) is 0 Å². The van der Waals surface area contributed by atoms with Crippen LogP contribution in [0.3, 0.4) is 0 Å². The number of carbonyl (C=O) groups is 2. The first kappa shape index (κ1) is 19.3. The van der Waals surface area contributed by atoms with Crippen LogP contribution in [0.5, 0.6) is 17.2 Å². The maximum Gasteiger partial charge on any atom is 0.349 e. The van der Waals surface area contributed by atoms with Gasteiger partial charge in [0.1, 0.15) is 17.2 Å². The van der Waals surface area contributed by atoms with Crippen LogP contribution in [0.25, 0.3) is 0 Å². The molecule has 0 aromatic heterocycles. The maximum atomic E-state index is 11.8. The number of ether oxygens (including phenoxy) is 4. The first-order valence-corrected chi connectivity index (χ1v) is 8.37. The molecule has 0 N–H and O–H groups in total. The van der Waals surface area contributed by atoms with Crippen LogP contribution in [-0.2, 0) is 9.53 Å². The molecule has 138 valence electrons. The topological polar surface area (TPSA) is 71.1 Å². The van der Waals surface area contributed by atoms with Crippen molar-refractivity contribution in [2.24, 2.45) is 0 Å². The van der Waals surface area contributed by atoms with Crippen LogP contribution in [-0.4, -0.2) is 32.3 Å². The van der Waals surface area contributed by atoms with Crippen molar-refractivity contribution < 1.29 is 28.5 Å². The summed E-state index contributed by atoms with van der Waals surface area (Å²) in [5.41, 5.74) is 0.412. The number of rotatable bonds is 9. The summed E-state index contributed by atoms with van der Waals surface area (Å²) in [7, 11) is 1.57. The van der Waals surface area contributed by atoms with E-state index in [0.717, 1.165) is 12.8 Å². The summed E-state index contributed by atoms with van der Waals surface area (Å²) in [5, 5.41) is 0. The molecule has 26 heavy (non-hydrogen) atoms. The first-order valence-electron chi connectivity index (χ1n) is 8.37. The third-order valence-corrected chi connectivity index (χ3v) is 3.47. The van der Waals surface area contributed by atoms with E-state index in [9.17, 15) is 9.59 Å². The summed E-state index contributed by atoms with van der Waals surface area (Å²) >= 11 is 0. The van der Waals surface area contributed by atoms with Crippen LogP contribution in [0.1, 0.15) is 30.1 Å². The molecular formula is C20H22O6. The lowest BCUT2D eigenvalue weighted by atomic mass is 10.2. The first-order chi connectivity index (χ1) is 12.6. The fourth-order valence-corrected chi connectivity index (χ4v) is 2.03. The van der Waals surface area contributed by atoms with Crippen molar-refractivity contribution in [1.29, 1.82) is 0 Å². The van der Waals surface area contributed by atoms with Crippen LogP contribution in [0.15, 0.2) is 48.5 Å². The number of carbonyl (C=O) groups excluding carboxylic acids is 2. The Morgan fingerprint density at radius 2 is 1.50 bits per heavy atom. The molecule has 2 aromatic carbocycles. The highest BCUT2D eigenvalue weighted by atomic mass is 16.6. The van der Waals surface area contributed by atoms with E-state index >= 15 is 0 Å². The van der Waals surface area contributed by atoms with Gasteiger partial charge in [-0.15, -0.1) is 0 Å². The highest BCUT2D eigenvalue weighted by Gasteiger charge is 2.10. The molecule has 0 aliphatic carbocycles. The molecule has 0 saturated heterocycles. The summed E-state index contributed by atoms with van der Waals surface area (Å²) in [4.78, 5) is 23.6. The third-order valence-electron chi connectivity index (χ3n) is 3.47. The zero-order chi connectivity index (χ0) is 18.8. The van der Waals surface area contributed by atoms with E-state index in [1.165, 1.54) is 0 Å². The zero-order valence-electron chi connectivity index (χ0n) is 14.9. The maximum absolute atomic E-state index is 11.8. The average Bonchev–Trinajstić information content (AvgIpc) is 2.67. The Morgan fingerprint density at radius 1 is 0.885 bits per heavy atom. The Labute approximate surface area is 152 Å². The standard InChI is InChI=1S/C20H22O6/c1-3-4-13-24-20(22)15-5-7-18(8-6-15)26-19(21)14-25-17-11-9-16(23-2)10-12-17/h5-12H,3-4,13-14H2,1-2H3. The Hall–Kier alpha value is -3.02. The number of hydrogen-bond acceptors (Lipinski definition) is 6. The second kappa shape index (κ2) is 10.1. The number of esters is 2. The summed E-state index contributed by atoms with van der Waals surface area (Å²) in [5.74, 6) is 0.637. The lowest BCUT2D eigenvalue weighted by Gasteiger charge is -2.08. The Morgan fingerprint density at radius 3 is 2.12 bits per heavy atom. The summed E-state index contributed by atoms with van der Waals surface area (Å²) in [6.07, 6.45) is 1.79. The van der Waals surface area contributed by atoms with Gasteiger partial charge < -0.3 is 18.9 Å². The van der Waals surface area contributed by atoms with E-state index in [4.69, 9.17) is 18.9 Å². The van der Waals surface area contributed by atoms with E-state index < -0.39 is 5.97 Å². The Kier molecular flexibility index (Phi) is 7.49. The molecule has 0 fully saturated rings. The van der Waals surface area contributed by atoms with Gasteiger partial charge in [0, 0.05) is 0 Å². The number of unbranched alkanes of at least 4 members (excludes halogenated alkanes) is 1. The van der Waals surface area contributed by atoms with Gasteiger partial charge in [-0.05, 0) is 55.0 Å². The molecule has 6 nitrogen and oxygen atoms in total. The van der Waals surface area contributed by atoms with Crippen molar-refractivity contribution in [3.05, 3.63) is 54.1 Å². The van der Waals surface area contributed by atoms with Crippen molar-refractivity contribution in [3.8, 4) is 17.2 Å². The van der Waals surface area contributed by atoms with Crippen LogP contribution in [0, 0.1) is 0 Å². The molecule has 0 saturated carbocycles. The van der Waals surface area contributed by atoms with Gasteiger partial charge in [-0.1, -0.05) is 13.3 Å². The third kappa shape index (κ3) is 6.12. The monoisotopic (exact) mass is 358 g/mol. The van der Waals surface area contributed by atoms with Crippen LogP contribution in [0.4, 0.5) is 0 Å². The molecule has 2 aromatic rings. The van der Waals surface area contributed by atoms with Crippen LogP contribution in [0.2, 0.25) is 0 Å². The normalized spacial score (nSPS) is 10.1. The van der Waals surface area contributed by atoms with E-state index in [1.807, 2.05) is 6.92 Å². The second-order valence-corrected chi connectivity index (χ2v) is 5.45. The molecule has 0 heterocycles. The predicted octanol–water partition coefficient (Wildman–Crippen LogP) is 3.64. The van der Waals surface area contributed by atoms with E-state index in [-0.39, 0.29) is 12.6 Å². The molecule has 0 radical (unpaired) electrons. The fraction of sp³-hybridized carbons (Fsp3) is 0.300. The molecule has 0 amide bonds. The van der Waals surface area contributed by atoms with Gasteiger partial charge in [-0.3, -0.25) is 0 Å². The molecule has 2 rings (SSSR count). The number of benzene rings is 2. The van der Waals surface area contributed by atoms with Crippen molar-refractivity contribution >= 4 is 11.9 Å². The molecule has 0 atom stereocenters. The molecule has 0 bridgehead atoms. The lowest BCUT2D eigenvalue weighted by Crippen LogP contribution is -2.17. The van der Waals surface area contributed by atoms with Gasteiger partial charge in [0.15, 0.2) is 6.61 Å². The van der Waals surface area contributed by atoms with Gasteiger partial charge in [0.25, 0.3) is 0 Å². The van der Waals surface area contributed by atoms with Gasteiger partial charge in [0.05, 0.1) is 19.3 Å². The largest absolute Gasteiger partial charge is 0.497 e. The highest BCUT2D eigenvalue weighted by molar-refractivity contribution is 5.89. The number of hydrogen-bond donors (Lipinski definition) is 0. The minimum Gasteiger partial charge on any atom is -0.497 e. The predicted molar refractivity (Wildman–Crippen MR) is 95.8 cm³/mol. The smallest absolute Gasteiger partial charge is 0.349 e. The van der Waals surface area contributed by atoms with Crippen LogP contribution >= 0.6 is 0 Å². The highest BCUT2D eigenvalue weighted by Crippen LogP contribution is 2.17. The van der Waals surface area contributed by atoms with Gasteiger partial charge in [-0.25, -0.2) is 9.59 Å². The summed E-state index contributed by atoms with van der Waals surface area (Å²) in [6.45, 7) is 2.19. The second-order valence-electron chi connectivity index (χ2n) is 5.45. The minimum atomic E-state index is -0.543. The van der Waals surface area contributed by atoms with Crippen molar-refractivity contribution in [2.75, 3.05) is 20.3 Å². The summed E-state index contributed by atoms with van der Waals surface area (Å²) < 4.78 is 20.7. The SMILES string of the molecule is CCCCOC(=O)c1ccc(OC(=O)COc2ccc(OC)cc2)cc1. The average molecular weight is 358 g/mol. The lowest BCUT2D eigenvalue weighted by molar-refractivity contribution is -0.136. The quantitative estimate of drug-likeness (QED) is 0.387. The Balaban J connectivity index is 1.80. The van der Waals surface area contributed by atoms with Gasteiger partial charge >= 0.3 is 11.9 Å². The molecule has 0 unspecified atom stereocenters. The minimum absolute atomic E-state index is 0.229. The van der Waals surface area contributed by atoms with Crippen molar-refractivity contribution in [3.63, 3.8) is 0 Å². The Bertz CT molecular complexity index is 706. The molecule has 0 spiro atoms. The van der Waals surface area contributed by atoms with Crippen molar-refractivity contribution in [1.82, 2.24) is 0 Å². The molecule has 0 aliphatic heterocycles. The van der Waals surface area contributed by atoms with E-state index in [0.29, 0.717) is 29.4 Å². The molecular weight excluding hydrogens is 336 g/mol. The number of methoxy groups -OCH3 is 1. The van der Waals surface area contributed by atoms with Crippen molar-refractivity contribution in [2.45, 2.75) is 19.8 Å².